The maximum atomic E-state index is 4.18. The first-order valence-corrected chi connectivity index (χ1v) is 7.06. The van der Waals surface area contributed by atoms with Gasteiger partial charge in [0, 0.05) is 31.5 Å². The van der Waals surface area contributed by atoms with Crippen molar-refractivity contribution in [3.8, 4) is 0 Å². The molecule has 0 aliphatic heterocycles. The van der Waals surface area contributed by atoms with Gasteiger partial charge >= 0.3 is 0 Å². The van der Waals surface area contributed by atoms with Gasteiger partial charge < -0.3 is 10.6 Å². The maximum Gasteiger partial charge on any atom is 0.222 e. The maximum absolute atomic E-state index is 4.18. The fourth-order valence-corrected chi connectivity index (χ4v) is 1.84. The van der Waals surface area contributed by atoms with E-state index in [4.69, 9.17) is 0 Å². The van der Waals surface area contributed by atoms with E-state index in [1.807, 2.05) is 19.4 Å². The molecule has 0 aliphatic rings. The average molecular weight is 250 g/mol. The molecule has 0 amide bonds. The second-order valence-electron chi connectivity index (χ2n) is 4.61. The predicted molar refractivity (Wildman–Crippen MR) is 76.7 cm³/mol. The van der Waals surface area contributed by atoms with Crippen LogP contribution >= 0.6 is 0 Å². The molecule has 0 bridgehead atoms. The first-order chi connectivity index (χ1) is 8.86. The van der Waals surface area contributed by atoms with Gasteiger partial charge in [-0.3, -0.25) is 0 Å². The van der Waals surface area contributed by atoms with E-state index in [1.165, 1.54) is 38.5 Å². The Morgan fingerprint density at radius 1 is 1.00 bits per heavy atom. The molecule has 1 aromatic heterocycles. The summed E-state index contributed by atoms with van der Waals surface area (Å²) in [6.45, 7) is 4.20. The SMILES string of the molecule is CCCCCCCCNCc1cnc(NC)nc1. The highest BCUT2D eigenvalue weighted by Crippen LogP contribution is 2.04. The standard InChI is InChI=1S/C14H26N4/c1-3-4-5-6-7-8-9-16-10-13-11-17-14(15-2)18-12-13/h11-12,16H,3-10H2,1-2H3,(H,15,17,18). The molecule has 0 aliphatic carbocycles. The zero-order valence-corrected chi connectivity index (χ0v) is 11.7. The molecule has 0 saturated carbocycles. The van der Waals surface area contributed by atoms with Crippen LogP contribution < -0.4 is 10.6 Å². The molecule has 1 heterocycles. The van der Waals surface area contributed by atoms with Gasteiger partial charge in [-0.25, -0.2) is 9.97 Å². The van der Waals surface area contributed by atoms with Crippen molar-refractivity contribution in [1.82, 2.24) is 15.3 Å². The Morgan fingerprint density at radius 2 is 1.67 bits per heavy atom. The molecule has 0 unspecified atom stereocenters. The Hall–Kier alpha value is -1.16. The van der Waals surface area contributed by atoms with Crippen LogP contribution in [0.25, 0.3) is 0 Å². The van der Waals surface area contributed by atoms with Gasteiger partial charge in [-0.2, -0.15) is 0 Å². The van der Waals surface area contributed by atoms with Crippen molar-refractivity contribution in [3.63, 3.8) is 0 Å². The summed E-state index contributed by atoms with van der Waals surface area (Å²) in [6.07, 6.45) is 11.8. The third-order valence-corrected chi connectivity index (χ3v) is 2.97. The molecule has 1 rings (SSSR count). The lowest BCUT2D eigenvalue weighted by atomic mass is 10.1. The molecule has 0 atom stereocenters. The van der Waals surface area contributed by atoms with Gasteiger partial charge in [0.1, 0.15) is 0 Å². The fourth-order valence-electron chi connectivity index (χ4n) is 1.84. The Bertz CT molecular complexity index is 297. The molecular weight excluding hydrogens is 224 g/mol. The lowest BCUT2D eigenvalue weighted by molar-refractivity contribution is 0.571. The van der Waals surface area contributed by atoms with Gasteiger partial charge in [0.15, 0.2) is 0 Å². The molecule has 1 aromatic rings. The van der Waals surface area contributed by atoms with Crippen molar-refractivity contribution in [3.05, 3.63) is 18.0 Å². The molecule has 4 nitrogen and oxygen atoms in total. The summed E-state index contributed by atoms with van der Waals surface area (Å²) in [5, 5.41) is 6.34. The zero-order valence-electron chi connectivity index (χ0n) is 11.7. The molecular formula is C14H26N4. The number of anilines is 1. The summed E-state index contributed by atoms with van der Waals surface area (Å²) < 4.78 is 0. The van der Waals surface area contributed by atoms with Gasteiger partial charge in [0.2, 0.25) is 5.95 Å². The molecule has 0 radical (unpaired) electrons. The Labute approximate surface area is 111 Å². The normalized spacial score (nSPS) is 10.6. The van der Waals surface area contributed by atoms with Gasteiger partial charge in [0.25, 0.3) is 0 Å². The number of rotatable bonds is 10. The third-order valence-electron chi connectivity index (χ3n) is 2.97. The number of hydrogen-bond donors (Lipinski definition) is 2. The van der Waals surface area contributed by atoms with Crippen molar-refractivity contribution in [2.24, 2.45) is 0 Å². The summed E-state index contributed by atoms with van der Waals surface area (Å²) in [7, 11) is 1.83. The number of aromatic nitrogens is 2. The van der Waals surface area contributed by atoms with E-state index >= 15 is 0 Å². The van der Waals surface area contributed by atoms with Crippen molar-refractivity contribution in [1.29, 1.82) is 0 Å². The van der Waals surface area contributed by atoms with Crippen LogP contribution in [0, 0.1) is 0 Å². The van der Waals surface area contributed by atoms with Crippen LogP contribution in [-0.4, -0.2) is 23.6 Å². The van der Waals surface area contributed by atoms with Crippen LogP contribution in [0.15, 0.2) is 12.4 Å². The summed E-state index contributed by atoms with van der Waals surface area (Å²) in [6, 6.07) is 0. The van der Waals surface area contributed by atoms with E-state index in [9.17, 15) is 0 Å². The van der Waals surface area contributed by atoms with Crippen molar-refractivity contribution >= 4 is 5.95 Å². The zero-order chi connectivity index (χ0) is 13.1. The summed E-state index contributed by atoms with van der Waals surface area (Å²) in [5.74, 6) is 0.676. The van der Waals surface area contributed by atoms with Gasteiger partial charge in [-0.1, -0.05) is 39.0 Å². The van der Waals surface area contributed by atoms with E-state index < -0.39 is 0 Å². The highest BCUT2D eigenvalue weighted by atomic mass is 15.1. The van der Waals surface area contributed by atoms with E-state index in [-0.39, 0.29) is 0 Å². The molecule has 4 heteroatoms. The van der Waals surface area contributed by atoms with Gasteiger partial charge in [-0.15, -0.1) is 0 Å². The second kappa shape index (κ2) is 9.83. The number of hydrogen-bond acceptors (Lipinski definition) is 4. The monoisotopic (exact) mass is 250 g/mol. The summed E-state index contributed by atoms with van der Waals surface area (Å²) in [5.41, 5.74) is 1.14. The molecule has 0 saturated heterocycles. The van der Waals surface area contributed by atoms with E-state index in [1.54, 1.807) is 0 Å². The van der Waals surface area contributed by atoms with Gasteiger partial charge in [-0.05, 0) is 13.0 Å². The second-order valence-corrected chi connectivity index (χ2v) is 4.61. The van der Waals surface area contributed by atoms with Gasteiger partial charge in [0.05, 0.1) is 0 Å². The largest absolute Gasteiger partial charge is 0.357 e. The smallest absolute Gasteiger partial charge is 0.222 e. The van der Waals surface area contributed by atoms with E-state index in [2.05, 4.69) is 27.5 Å². The highest BCUT2D eigenvalue weighted by Gasteiger charge is 1.95. The number of nitrogens with zero attached hydrogens (tertiary/aromatic N) is 2. The molecule has 102 valence electrons. The quantitative estimate of drug-likeness (QED) is 0.627. The van der Waals surface area contributed by atoms with Crippen molar-refractivity contribution < 1.29 is 0 Å². The molecule has 2 N–H and O–H groups in total. The number of nitrogens with one attached hydrogen (secondary N) is 2. The first kappa shape index (κ1) is 14.9. The Balaban J connectivity index is 2.00. The predicted octanol–water partition coefficient (Wildman–Crippen LogP) is 2.97. The van der Waals surface area contributed by atoms with Crippen LogP contribution in [-0.2, 0) is 6.54 Å². The molecule has 0 fully saturated rings. The minimum atomic E-state index is 0.676. The van der Waals surface area contributed by atoms with Crippen LogP contribution in [0.2, 0.25) is 0 Å². The Morgan fingerprint density at radius 3 is 2.33 bits per heavy atom. The van der Waals surface area contributed by atoms with Crippen molar-refractivity contribution in [2.45, 2.75) is 52.0 Å². The molecule has 0 spiro atoms. The minimum Gasteiger partial charge on any atom is -0.357 e. The van der Waals surface area contributed by atoms with E-state index in [0.717, 1.165) is 18.7 Å². The molecule has 18 heavy (non-hydrogen) atoms. The summed E-state index contributed by atoms with van der Waals surface area (Å²) in [4.78, 5) is 8.37. The fraction of sp³-hybridized carbons (Fsp3) is 0.714. The Kier molecular flexibility index (Phi) is 8.13. The van der Waals surface area contributed by atoms with Crippen molar-refractivity contribution in [2.75, 3.05) is 18.9 Å². The van der Waals surface area contributed by atoms with Crippen LogP contribution in [0.1, 0.15) is 51.0 Å². The topological polar surface area (TPSA) is 49.8 Å². The average Bonchev–Trinajstić information content (AvgIpc) is 2.42. The van der Waals surface area contributed by atoms with Crippen LogP contribution in [0.5, 0.6) is 0 Å². The number of unbranched alkanes of at least 4 members (excludes halogenated alkanes) is 5. The van der Waals surface area contributed by atoms with Crippen LogP contribution in [0.4, 0.5) is 5.95 Å². The highest BCUT2D eigenvalue weighted by molar-refractivity contribution is 5.22. The first-order valence-electron chi connectivity index (χ1n) is 7.06. The van der Waals surface area contributed by atoms with E-state index in [0.29, 0.717) is 5.95 Å². The summed E-state index contributed by atoms with van der Waals surface area (Å²) >= 11 is 0. The van der Waals surface area contributed by atoms with Crippen LogP contribution in [0.3, 0.4) is 0 Å². The molecule has 0 aromatic carbocycles. The third kappa shape index (κ3) is 6.55. The lowest BCUT2D eigenvalue weighted by Gasteiger charge is -2.05. The lowest BCUT2D eigenvalue weighted by Crippen LogP contribution is -2.15. The minimum absolute atomic E-state index is 0.676.